The van der Waals surface area contributed by atoms with Crippen molar-refractivity contribution in [2.75, 3.05) is 5.32 Å². The number of nitrogens with two attached hydrogens (primary N) is 1. The molecule has 1 amide bonds. The van der Waals surface area contributed by atoms with E-state index in [1.54, 1.807) is 0 Å². The Bertz CT molecular complexity index is 377. The summed E-state index contributed by atoms with van der Waals surface area (Å²) < 4.78 is 0. The van der Waals surface area contributed by atoms with Crippen LogP contribution in [0.25, 0.3) is 0 Å². The third-order valence-corrected chi connectivity index (χ3v) is 2.30. The quantitative estimate of drug-likeness (QED) is 0.642. The van der Waals surface area contributed by atoms with Crippen molar-refractivity contribution in [3.05, 3.63) is 16.5 Å². The second kappa shape index (κ2) is 5.43. The van der Waals surface area contributed by atoms with E-state index < -0.39 is 6.04 Å². The first kappa shape index (κ1) is 13.2. The Morgan fingerprint density at radius 3 is 2.56 bits per heavy atom. The fourth-order valence-electron chi connectivity index (χ4n) is 0.966. The minimum atomic E-state index is -0.604. The summed E-state index contributed by atoms with van der Waals surface area (Å²) in [6.07, 6.45) is 0. The summed E-state index contributed by atoms with van der Waals surface area (Å²) in [5.41, 5.74) is 5.66. The van der Waals surface area contributed by atoms with E-state index in [4.69, 9.17) is 28.9 Å². The first-order valence-corrected chi connectivity index (χ1v) is 5.42. The van der Waals surface area contributed by atoms with Gasteiger partial charge in [0.2, 0.25) is 11.2 Å². The van der Waals surface area contributed by atoms with Crippen LogP contribution in [0.15, 0.2) is 6.07 Å². The number of hydrogen-bond donors (Lipinski definition) is 2. The highest BCUT2D eigenvalue weighted by Gasteiger charge is 2.17. The summed E-state index contributed by atoms with van der Waals surface area (Å²) in [6, 6.07) is 0.797. The topological polar surface area (TPSA) is 80.9 Å². The molecule has 1 rings (SSSR count). The molecule has 0 spiro atoms. The molecule has 88 valence electrons. The van der Waals surface area contributed by atoms with E-state index in [1.807, 2.05) is 13.8 Å². The standard InChI is InChI=1S/C9H12Cl2N4O/c1-4(2)7(12)8(16)14-6-3-5(10)13-9(11)15-6/h3-4,7H,12H2,1-2H3,(H,13,14,15,16)/t7-/m0/s1. The summed E-state index contributed by atoms with van der Waals surface area (Å²) in [5.74, 6) is -0.0558. The Balaban J connectivity index is 2.77. The normalized spacial score (nSPS) is 12.6. The van der Waals surface area contributed by atoms with E-state index in [0.29, 0.717) is 0 Å². The molecule has 3 N–H and O–H groups in total. The average Bonchev–Trinajstić information content (AvgIpc) is 2.14. The van der Waals surface area contributed by atoms with Gasteiger partial charge in [0.1, 0.15) is 11.0 Å². The van der Waals surface area contributed by atoms with Gasteiger partial charge in [-0.1, -0.05) is 25.4 Å². The van der Waals surface area contributed by atoms with E-state index in [-0.39, 0.29) is 28.1 Å². The SMILES string of the molecule is CC(C)[C@H](N)C(=O)Nc1cc(Cl)nc(Cl)n1. The Labute approximate surface area is 103 Å². The second-order valence-electron chi connectivity index (χ2n) is 3.60. The van der Waals surface area contributed by atoms with Crippen molar-refractivity contribution in [1.82, 2.24) is 9.97 Å². The van der Waals surface area contributed by atoms with Gasteiger partial charge in [-0.3, -0.25) is 4.79 Å². The highest BCUT2D eigenvalue weighted by atomic mass is 35.5. The van der Waals surface area contributed by atoms with Crippen LogP contribution in [0.2, 0.25) is 10.4 Å². The van der Waals surface area contributed by atoms with Crippen LogP contribution in [0, 0.1) is 5.92 Å². The summed E-state index contributed by atoms with van der Waals surface area (Å²) >= 11 is 11.2. The molecule has 1 aromatic heterocycles. The van der Waals surface area contributed by atoms with Crippen LogP contribution in [0.3, 0.4) is 0 Å². The number of nitrogens with one attached hydrogen (secondary N) is 1. The molecule has 0 aromatic carbocycles. The lowest BCUT2D eigenvalue weighted by Crippen LogP contribution is -2.39. The molecule has 0 aliphatic rings. The van der Waals surface area contributed by atoms with Crippen molar-refractivity contribution in [1.29, 1.82) is 0 Å². The molecule has 5 nitrogen and oxygen atoms in total. The molecule has 0 bridgehead atoms. The molecule has 16 heavy (non-hydrogen) atoms. The van der Waals surface area contributed by atoms with E-state index in [0.717, 1.165) is 0 Å². The fraction of sp³-hybridized carbons (Fsp3) is 0.444. The molecule has 1 atom stereocenters. The van der Waals surface area contributed by atoms with Crippen molar-refractivity contribution in [3.63, 3.8) is 0 Å². The van der Waals surface area contributed by atoms with Crippen LogP contribution in [0.4, 0.5) is 5.82 Å². The summed E-state index contributed by atoms with van der Waals surface area (Å²) in [5, 5.41) is 2.65. The van der Waals surface area contributed by atoms with Gasteiger partial charge in [-0.15, -0.1) is 0 Å². The van der Waals surface area contributed by atoms with Gasteiger partial charge in [-0.25, -0.2) is 9.97 Å². The molecule has 1 aromatic rings. The van der Waals surface area contributed by atoms with Gasteiger partial charge in [-0.2, -0.15) is 0 Å². The van der Waals surface area contributed by atoms with Crippen molar-refractivity contribution < 1.29 is 4.79 Å². The number of halogens is 2. The van der Waals surface area contributed by atoms with Crippen molar-refractivity contribution >= 4 is 34.9 Å². The minimum Gasteiger partial charge on any atom is -0.320 e. The van der Waals surface area contributed by atoms with Crippen LogP contribution in [-0.2, 0) is 4.79 Å². The zero-order valence-electron chi connectivity index (χ0n) is 8.87. The van der Waals surface area contributed by atoms with Gasteiger partial charge in [0.25, 0.3) is 0 Å². The highest BCUT2D eigenvalue weighted by molar-refractivity contribution is 6.32. The fourth-order valence-corrected chi connectivity index (χ4v) is 1.38. The molecule has 0 radical (unpaired) electrons. The summed E-state index contributed by atoms with van der Waals surface area (Å²) in [4.78, 5) is 19.1. The van der Waals surface area contributed by atoms with Gasteiger partial charge in [0.05, 0.1) is 6.04 Å². The summed E-state index contributed by atoms with van der Waals surface area (Å²) in [6.45, 7) is 3.70. The van der Waals surface area contributed by atoms with Crippen molar-refractivity contribution in [2.45, 2.75) is 19.9 Å². The molecule has 0 unspecified atom stereocenters. The predicted molar refractivity (Wildman–Crippen MR) is 63.5 cm³/mol. The zero-order valence-corrected chi connectivity index (χ0v) is 10.4. The lowest BCUT2D eigenvalue weighted by atomic mass is 10.1. The van der Waals surface area contributed by atoms with E-state index in [1.165, 1.54) is 6.07 Å². The molecular formula is C9H12Cl2N4O. The molecular weight excluding hydrogens is 251 g/mol. The number of carbonyl (C=O) groups is 1. The third-order valence-electron chi connectivity index (χ3n) is 1.94. The van der Waals surface area contributed by atoms with Gasteiger partial charge in [0, 0.05) is 6.07 Å². The Kier molecular flexibility index (Phi) is 4.46. The first-order valence-electron chi connectivity index (χ1n) is 4.66. The molecule has 0 aliphatic heterocycles. The molecule has 0 saturated heterocycles. The van der Waals surface area contributed by atoms with E-state index >= 15 is 0 Å². The summed E-state index contributed by atoms with van der Waals surface area (Å²) in [7, 11) is 0. The van der Waals surface area contributed by atoms with Gasteiger partial charge in [-0.05, 0) is 17.5 Å². The van der Waals surface area contributed by atoms with Crippen LogP contribution in [0.5, 0.6) is 0 Å². The number of amides is 1. The minimum absolute atomic E-state index is 0.0269. The molecule has 0 fully saturated rings. The number of rotatable bonds is 3. The largest absolute Gasteiger partial charge is 0.320 e. The predicted octanol–water partition coefficient (Wildman–Crippen LogP) is 1.71. The third kappa shape index (κ3) is 3.59. The smallest absolute Gasteiger partial charge is 0.242 e. The highest BCUT2D eigenvalue weighted by Crippen LogP contribution is 2.14. The average molecular weight is 263 g/mol. The van der Waals surface area contributed by atoms with Gasteiger partial charge >= 0.3 is 0 Å². The Morgan fingerprint density at radius 2 is 2.06 bits per heavy atom. The number of carbonyl (C=O) groups excluding carboxylic acids is 1. The van der Waals surface area contributed by atoms with Crippen LogP contribution in [-0.4, -0.2) is 21.9 Å². The van der Waals surface area contributed by atoms with Crippen LogP contribution in [0.1, 0.15) is 13.8 Å². The molecule has 1 heterocycles. The van der Waals surface area contributed by atoms with Crippen LogP contribution >= 0.6 is 23.2 Å². The lowest BCUT2D eigenvalue weighted by Gasteiger charge is -2.14. The number of aromatic nitrogens is 2. The van der Waals surface area contributed by atoms with Gasteiger partial charge in [0.15, 0.2) is 0 Å². The van der Waals surface area contributed by atoms with Crippen LogP contribution < -0.4 is 11.1 Å². The molecule has 7 heteroatoms. The van der Waals surface area contributed by atoms with E-state index in [2.05, 4.69) is 15.3 Å². The maximum absolute atomic E-state index is 11.6. The first-order chi connectivity index (χ1) is 7.40. The number of nitrogens with zero attached hydrogens (tertiary/aromatic N) is 2. The molecule has 0 aliphatic carbocycles. The van der Waals surface area contributed by atoms with Gasteiger partial charge < -0.3 is 11.1 Å². The Hall–Kier alpha value is -0.910. The lowest BCUT2D eigenvalue weighted by molar-refractivity contribution is -0.118. The maximum atomic E-state index is 11.6. The monoisotopic (exact) mass is 262 g/mol. The van der Waals surface area contributed by atoms with Crippen molar-refractivity contribution in [3.8, 4) is 0 Å². The zero-order chi connectivity index (χ0) is 12.3. The number of anilines is 1. The molecule has 0 saturated carbocycles. The van der Waals surface area contributed by atoms with E-state index in [9.17, 15) is 4.79 Å². The number of hydrogen-bond acceptors (Lipinski definition) is 4. The maximum Gasteiger partial charge on any atom is 0.242 e. The second-order valence-corrected chi connectivity index (χ2v) is 4.33. The van der Waals surface area contributed by atoms with Crippen molar-refractivity contribution in [2.24, 2.45) is 11.7 Å². The Morgan fingerprint density at radius 1 is 1.44 bits per heavy atom.